The highest BCUT2D eigenvalue weighted by molar-refractivity contribution is 5.74. The van der Waals surface area contributed by atoms with Crippen LogP contribution in [0.4, 0.5) is 4.39 Å². The number of carbonyl (C=O) groups is 1. The molecule has 1 aliphatic rings. The van der Waals surface area contributed by atoms with E-state index >= 15 is 0 Å². The van der Waals surface area contributed by atoms with Gasteiger partial charge in [-0.3, -0.25) is 4.79 Å². The van der Waals surface area contributed by atoms with Crippen LogP contribution in [0.15, 0.2) is 0 Å². The van der Waals surface area contributed by atoms with E-state index in [1.165, 1.54) is 6.92 Å². The zero-order valence-corrected chi connectivity index (χ0v) is 8.80. The largest absolute Gasteiger partial charge is 0.336 e. The van der Waals surface area contributed by atoms with Crippen molar-refractivity contribution in [2.45, 2.75) is 46.3 Å². The van der Waals surface area contributed by atoms with Crippen molar-refractivity contribution in [3.63, 3.8) is 0 Å². The maximum atomic E-state index is 13.1. The zero-order chi connectivity index (χ0) is 10.2. The normalized spacial score (nSPS) is 29.5. The first kappa shape index (κ1) is 10.5. The Morgan fingerprint density at radius 3 is 2.31 bits per heavy atom. The number of halogens is 1. The molecule has 0 aromatic carbocycles. The van der Waals surface area contributed by atoms with Crippen LogP contribution in [0, 0.1) is 5.41 Å². The standard InChI is InChI=1S/C10H18FNO/c1-7(13)12-6-8(11)5-9(12)10(2,3)4/h8-9H,5-6H2,1-4H3/t8-,9+/m0/s1. The number of nitrogens with zero attached hydrogens (tertiary/aromatic N) is 1. The number of alkyl halides is 1. The maximum absolute atomic E-state index is 13.1. The molecule has 0 N–H and O–H groups in total. The lowest BCUT2D eigenvalue weighted by Gasteiger charge is -2.34. The van der Waals surface area contributed by atoms with Gasteiger partial charge in [0.2, 0.25) is 5.91 Å². The first-order valence-electron chi connectivity index (χ1n) is 4.73. The van der Waals surface area contributed by atoms with Crippen LogP contribution in [0.5, 0.6) is 0 Å². The fourth-order valence-corrected chi connectivity index (χ4v) is 1.95. The van der Waals surface area contributed by atoms with E-state index in [0.29, 0.717) is 6.42 Å². The second-order valence-electron chi connectivity index (χ2n) is 4.89. The molecule has 76 valence electrons. The van der Waals surface area contributed by atoms with Crippen LogP contribution >= 0.6 is 0 Å². The number of carbonyl (C=O) groups excluding carboxylic acids is 1. The van der Waals surface area contributed by atoms with Crippen molar-refractivity contribution < 1.29 is 9.18 Å². The van der Waals surface area contributed by atoms with Gasteiger partial charge >= 0.3 is 0 Å². The summed E-state index contributed by atoms with van der Waals surface area (Å²) >= 11 is 0. The van der Waals surface area contributed by atoms with E-state index in [0.717, 1.165) is 0 Å². The van der Waals surface area contributed by atoms with E-state index in [-0.39, 0.29) is 23.9 Å². The molecule has 0 spiro atoms. The van der Waals surface area contributed by atoms with Crippen LogP contribution in [0.25, 0.3) is 0 Å². The highest BCUT2D eigenvalue weighted by Crippen LogP contribution is 2.33. The average Bonchev–Trinajstić information content (AvgIpc) is 2.29. The van der Waals surface area contributed by atoms with E-state index in [2.05, 4.69) is 0 Å². The third-order valence-electron chi connectivity index (χ3n) is 2.65. The van der Waals surface area contributed by atoms with Gasteiger partial charge in [-0.2, -0.15) is 0 Å². The van der Waals surface area contributed by atoms with Gasteiger partial charge in [0.25, 0.3) is 0 Å². The van der Waals surface area contributed by atoms with Crippen molar-refractivity contribution in [2.75, 3.05) is 6.54 Å². The average molecular weight is 187 g/mol. The van der Waals surface area contributed by atoms with Crippen LogP contribution in [-0.2, 0) is 4.79 Å². The van der Waals surface area contributed by atoms with Crippen molar-refractivity contribution in [1.82, 2.24) is 4.90 Å². The molecule has 1 aliphatic heterocycles. The molecule has 0 aliphatic carbocycles. The maximum Gasteiger partial charge on any atom is 0.219 e. The summed E-state index contributed by atoms with van der Waals surface area (Å²) in [4.78, 5) is 12.9. The van der Waals surface area contributed by atoms with Crippen LogP contribution in [0.2, 0.25) is 0 Å². The summed E-state index contributed by atoms with van der Waals surface area (Å²) in [5.74, 6) is -0.0138. The minimum Gasteiger partial charge on any atom is -0.336 e. The molecular formula is C10H18FNO. The first-order chi connectivity index (χ1) is 5.82. The molecule has 0 unspecified atom stereocenters. The Morgan fingerprint density at radius 2 is 2.00 bits per heavy atom. The van der Waals surface area contributed by atoms with E-state index < -0.39 is 6.17 Å². The summed E-state index contributed by atoms with van der Waals surface area (Å²) in [6.45, 7) is 7.93. The van der Waals surface area contributed by atoms with Crippen LogP contribution in [0.1, 0.15) is 34.1 Å². The summed E-state index contributed by atoms with van der Waals surface area (Å²) < 4.78 is 13.1. The summed E-state index contributed by atoms with van der Waals surface area (Å²) in [6.07, 6.45) is -0.351. The van der Waals surface area contributed by atoms with Crippen molar-refractivity contribution >= 4 is 5.91 Å². The Labute approximate surface area is 79.1 Å². The van der Waals surface area contributed by atoms with Gasteiger partial charge in [-0.05, 0) is 5.41 Å². The molecule has 0 radical (unpaired) electrons. The monoisotopic (exact) mass is 187 g/mol. The van der Waals surface area contributed by atoms with Gasteiger partial charge in [-0.25, -0.2) is 4.39 Å². The van der Waals surface area contributed by atoms with E-state index in [4.69, 9.17) is 0 Å². The van der Waals surface area contributed by atoms with E-state index in [9.17, 15) is 9.18 Å². The van der Waals surface area contributed by atoms with Gasteiger partial charge in [0, 0.05) is 19.4 Å². The lowest BCUT2D eigenvalue weighted by atomic mass is 9.85. The van der Waals surface area contributed by atoms with Crippen molar-refractivity contribution in [3.8, 4) is 0 Å². The predicted molar refractivity (Wildman–Crippen MR) is 50.1 cm³/mol. The predicted octanol–water partition coefficient (Wildman–Crippen LogP) is 1.99. The molecule has 13 heavy (non-hydrogen) atoms. The van der Waals surface area contributed by atoms with Crippen LogP contribution < -0.4 is 0 Å². The molecule has 1 fully saturated rings. The van der Waals surface area contributed by atoms with Gasteiger partial charge in [0.05, 0.1) is 6.54 Å². The highest BCUT2D eigenvalue weighted by Gasteiger charge is 2.40. The molecular weight excluding hydrogens is 169 g/mol. The van der Waals surface area contributed by atoms with Gasteiger partial charge in [0.15, 0.2) is 0 Å². The summed E-state index contributed by atoms with van der Waals surface area (Å²) in [6, 6.07) is 0.0556. The summed E-state index contributed by atoms with van der Waals surface area (Å²) in [5, 5.41) is 0. The molecule has 2 atom stereocenters. The minimum absolute atomic E-state index is 0.0138. The third kappa shape index (κ3) is 2.20. The quantitative estimate of drug-likeness (QED) is 0.568. The summed E-state index contributed by atoms with van der Waals surface area (Å²) in [7, 11) is 0. The van der Waals surface area contributed by atoms with Crippen molar-refractivity contribution in [2.24, 2.45) is 5.41 Å². The first-order valence-corrected chi connectivity index (χ1v) is 4.73. The molecule has 1 amide bonds. The number of hydrogen-bond donors (Lipinski definition) is 0. The molecule has 1 heterocycles. The Balaban J connectivity index is 2.78. The van der Waals surface area contributed by atoms with Crippen LogP contribution in [-0.4, -0.2) is 29.6 Å². The fourth-order valence-electron chi connectivity index (χ4n) is 1.95. The van der Waals surface area contributed by atoms with E-state index in [1.54, 1.807) is 4.90 Å². The summed E-state index contributed by atoms with van der Waals surface area (Å²) in [5.41, 5.74) is -0.0213. The molecule has 0 aromatic heterocycles. The van der Waals surface area contributed by atoms with Crippen molar-refractivity contribution in [1.29, 1.82) is 0 Å². The molecule has 0 saturated carbocycles. The molecule has 1 saturated heterocycles. The van der Waals surface area contributed by atoms with Crippen molar-refractivity contribution in [3.05, 3.63) is 0 Å². The zero-order valence-electron chi connectivity index (χ0n) is 8.80. The minimum atomic E-state index is -0.840. The Bertz CT molecular complexity index is 209. The molecule has 2 nitrogen and oxygen atoms in total. The third-order valence-corrected chi connectivity index (χ3v) is 2.65. The second-order valence-corrected chi connectivity index (χ2v) is 4.89. The highest BCUT2D eigenvalue weighted by atomic mass is 19.1. The Kier molecular flexibility index (Phi) is 2.64. The molecule has 0 aromatic rings. The number of likely N-dealkylation sites (tertiary alicyclic amines) is 1. The van der Waals surface area contributed by atoms with E-state index in [1.807, 2.05) is 20.8 Å². The second kappa shape index (κ2) is 3.28. The molecule has 1 rings (SSSR count). The topological polar surface area (TPSA) is 20.3 Å². The van der Waals surface area contributed by atoms with Gasteiger partial charge < -0.3 is 4.90 Å². The number of amides is 1. The molecule has 0 bridgehead atoms. The lowest BCUT2D eigenvalue weighted by Crippen LogP contribution is -2.41. The molecule has 3 heteroatoms. The van der Waals surface area contributed by atoms with Gasteiger partial charge in [0.1, 0.15) is 6.17 Å². The van der Waals surface area contributed by atoms with Gasteiger partial charge in [-0.1, -0.05) is 20.8 Å². The van der Waals surface area contributed by atoms with Gasteiger partial charge in [-0.15, -0.1) is 0 Å². The number of hydrogen-bond acceptors (Lipinski definition) is 1. The smallest absolute Gasteiger partial charge is 0.219 e. The van der Waals surface area contributed by atoms with Crippen LogP contribution in [0.3, 0.4) is 0 Å². The fraction of sp³-hybridized carbons (Fsp3) is 0.900. The number of rotatable bonds is 0. The lowest BCUT2D eigenvalue weighted by molar-refractivity contribution is -0.131. The Morgan fingerprint density at radius 1 is 1.46 bits per heavy atom. The SMILES string of the molecule is CC(=O)N1C[C@@H](F)C[C@@H]1C(C)(C)C. The Hall–Kier alpha value is -0.600.